The van der Waals surface area contributed by atoms with Crippen molar-refractivity contribution in [3.05, 3.63) is 41.2 Å². The second kappa shape index (κ2) is 2.37. The summed E-state index contributed by atoms with van der Waals surface area (Å²) in [7, 11) is 0. The lowest BCUT2D eigenvalue weighted by Crippen LogP contribution is -1.76. The molecule has 1 aromatic rings. The average Bonchev–Trinajstić information content (AvgIpc) is 2.87. The maximum Gasteiger partial charge on any atom is 0.187 e. The van der Waals surface area contributed by atoms with Gasteiger partial charge in [-0.3, -0.25) is 0 Å². The third-order valence-corrected chi connectivity index (χ3v) is 1.73. The molecule has 0 unspecified atom stereocenters. The van der Waals surface area contributed by atoms with Gasteiger partial charge < -0.3 is 4.74 Å². The quantitative estimate of drug-likeness (QED) is 0.437. The van der Waals surface area contributed by atoms with Gasteiger partial charge in [0.25, 0.3) is 0 Å². The van der Waals surface area contributed by atoms with Gasteiger partial charge in [-0.2, -0.15) is 0 Å². The van der Waals surface area contributed by atoms with Crippen molar-refractivity contribution in [3.8, 4) is 0 Å². The fourth-order valence-corrected chi connectivity index (χ4v) is 1.00. The first-order valence-electron chi connectivity index (χ1n) is 3.49. The molecule has 0 aromatic heterocycles. The molecule has 1 saturated heterocycles. The number of rotatable bonds is 1. The van der Waals surface area contributed by atoms with Gasteiger partial charge in [0.05, 0.1) is 13.2 Å². The van der Waals surface area contributed by atoms with Gasteiger partial charge in [-0.1, -0.05) is 24.3 Å². The minimum atomic E-state index is 0.301. The van der Waals surface area contributed by atoms with Crippen molar-refractivity contribution in [3.63, 3.8) is 0 Å². The minimum absolute atomic E-state index is 0.301. The van der Waals surface area contributed by atoms with Crippen LogP contribution >= 0.6 is 0 Å². The van der Waals surface area contributed by atoms with E-state index < -0.39 is 0 Å². The Balaban J connectivity index is 2.27. The molecule has 1 aliphatic rings. The second-order valence-corrected chi connectivity index (χ2v) is 2.53. The molecule has 0 bridgehead atoms. The van der Waals surface area contributed by atoms with Gasteiger partial charge in [0, 0.05) is 0 Å². The molecular formula is C9H7NO. The third-order valence-electron chi connectivity index (χ3n) is 1.73. The van der Waals surface area contributed by atoms with E-state index in [2.05, 4.69) is 4.85 Å². The van der Waals surface area contributed by atoms with Crippen molar-refractivity contribution in [2.45, 2.75) is 6.10 Å². The van der Waals surface area contributed by atoms with E-state index in [4.69, 9.17) is 11.3 Å². The molecule has 0 N–H and O–H groups in total. The first-order valence-corrected chi connectivity index (χ1v) is 3.49. The van der Waals surface area contributed by atoms with E-state index in [0.717, 1.165) is 6.61 Å². The summed E-state index contributed by atoms with van der Waals surface area (Å²) in [5.74, 6) is 0. The van der Waals surface area contributed by atoms with Gasteiger partial charge in [-0.05, 0) is 5.56 Å². The van der Waals surface area contributed by atoms with Crippen molar-refractivity contribution in [1.82, 2.24) is 0 Å². The third kappa shape index (κ3) is 1.24. The van der Waals surface area contributed by atoms with Crippen LogP contribution in [0.25, 0.3) is 4.85 Å². The van der Waals surface area contributed by atoms with Crippen molar-refractivity contribution in [2.24, 2.45) is 0 Å². The van der Waals surface area contributed by atoms with Gasteiger partial charge in [-0.15, -0.1) is 0 Å². The maximum absolute atomic E-state index is 6.73. The largest absolute Gasteiger partial charge is 0.368 e. The molecule has 0 amide bonds. The molecule has 2 heteroatoms. The van der Waals surface area contributed by atoms with Crippen LogP contribution in [0.5, 0.6) is 0 Å². The summed E-state index contributed by atoms with van der Waals surface area (Å²) in [6.45, 7) is 7.56. The highest BCUT2D eigenvalue weighted by Gasteiger charge is 2.23. The predicted octanol–water partition coefficient (Wildman–Crippen LogP) is 2.31. The fourth-order valence-electron chi connectivity index (χ4n) is 1.00. The van der Waals surface area contributed by atoms with E-state index in [1.54, 1.807) is 0 Å². The van der Waals surface area contributed by atoms with Crippen LogP contribution < -0.4 is 0 Å². The van der Waals surface area contributed by atoms with Gasteiger partial charge >= 0.3 is 0 Å². The Kier molecular flexibility index (Phi) is 1.38. The molecule has 1 aliphatic heterocycles. The van der Waals surface area contributed by atoms with E-state index in [1.165, 1.54) is 5.56 Å². The zero-order valence-electron chi connectivity index (χ0n) is 5.95. The van der Waals surface area contributed by atoms with Crippen LogP contribution in [0.4, 0.5) is 5.69 Å². The molecule has 2 nitrogen and oxygen atoms in total. The molecule has 1 aromatic carbocycles. The lowest BCUT2D eigenvalue weighted by atomic mass is 10.1. The highest BCUT2D eigenvalue weighted by Crippen LogP contribution is 2.30. The summed E-state index contributed by atoms with van der Waals surface area (Å²) < 4.78 is 5.09. The van der Waals surface area contributed by atoms with E-state index in [1.807, 2.05) is 24.3 Å². The Labute approximate surface area is 65.2 Å². The van der Waals surface area contributed by atoms with Crippen LogP contribution in [0.15, 0.2) is 24.3 Å². The highest BCUT2D eigenvalue weighted by molar-refractivity contribution is 5.46. The summed E-state index contributed by atoms with van der Waals surface area (Å²) >= 11 is 0. The molecule has 1 atom stereocenters. The lowest BCUT2D eigenvalue weighted by molar-refractivity contribution is 0.415. The number of benzene rings is 1. The monoisotopic (exact) mass is 145 g/mol. The number of nitrogens with zero attached hydrogens (tertiary/aromatic N) is 1. The van der Waals surface area contributed by atoms with Crippen molar-refractivity contribution >= 4 is 5.69 Å². The van der Waals surface area contributed by atoms with Crippen molar-refractivity contribution < 1.29 is 4.74 Å². The number of ether oxygens (including phenoxy) is 1. The molecule has 11 heavy (non-hydrogen) atoms. The fraction of sp³-hybridized carbons (Fsp3) is 0.222. The Morgan fingerprint density at radius 1 is 1.36 bits per heavy atom. The Hall–Kier alpha value is -1.33. The molecule has 0 radical (unpaired) electrons. The lowest BCUT2D eigenvalue weighted by Gasteiger charge is -1.93. The normalized spacial score (nSPS) is 20.8. The molecule has 2 rings (SSSR count). The molecule has 0 spiro atoms. The molecule has 54 valence electrons. The summed E-state index contributed by atoms with van der Waals surface area (Å²) in [4.78, 5) is 3.30. The number of epoxide rings is 1. The second-order valence-electron chi connectivity index (χ2n) is 2.53. The van der Waals surface area contributed by atoms with Crippen LogP contribution in [0.2, 0.25) is 0 Å². The van der Waals surface area contributed by atoms with Gasteiger partial charge in [0.15, 0.2) is 5.69 Å². The van der Waals surface area contributed by atoms with Crippen LogP contribution in [0.3, 0.4) is 0 Å². The summed E-state index contributed by atoms with van der Waals surface area (Å²) in [5, 5.41) is 0. The Morgan fingerprint density at radius 2 is 2.00 bits per heavy atom. The van der Waals surface area contributed by atoms with Gasteiger partial charge in [0.1, 0.15) is 6.10 Å². The molecule has 0 saturated carbocycles. The predicted molar refractivity (Wildman–Crippen MR) is 41.4 cm³/mol. The smallest absolute Gasteiger partial charge is 0.187 e. The number of hydrogen-bond donors (Lipinski definition) is 0. The maximum atomic E-state index is 6.73. The minimum Gasteiger partial charge on any atom is -0.368 e. The van der Waals surface area contributed by atoms with E-state index in [9.17, 15) is 0 Å². The summed E-state index contributed by atoms with van der Waals surface area (Å²) in [5.41, 5.74) is 1.87. The van der Waals surface area contributed by atoms with Crippen molar-refractivity contribution in [1.29, 1.82) is 0 Å². The molecule has 1 heterocycles. The zero-order valence-corrected chi connectivity index (χ0v) is 5.95. The highest BCUT2D eigenvalue weighted by atomic mass is 16.6. The van der Waals surface area contributed by atoms with E-state index >= 15 is 0 Å². The van der Waals surface area contributed by atoms with Gasteiger partial charge in [0.2, 0.25) is 0 Å². The Morgan fingerprint density at radius 3 is 2.45 bits per heavy atom. The van der Waals surface area contributed by atoms with Crippen molar-refractivity contribution in [2.75, 3.05) is 6.61 Å². The topological polar surface area (TPSA) is 16.9 Å². The molecule has 1 fully saturated rings. The Bertz CT molecular complexity index is 292. The first kappa shape index (κ1) is 6.38. The van der Waals surface area contributed by atoms with Crippen LogP contribution in [0.1, 0.15) is 11.7 Å². The molecule has 0 aliphatic carbocycles. The SMILES string of the molecule is [C-]#[N+]c1ccc([C@H]2CO2)cc1. The van der Waals surface area contributed by atoms with Crippen LogP contribution in [-0.2, 0) is 4.74 Å². The van der Waals surface area contributed by atoms with Gasteiger partial charge in [-0.25, -0.2) is 4.85 Å². The average molecular weight is 145 g/mol. The standard InChI is InChI=1S/C9H7NO/c1-10-8-4-2-7(3-5-8)9-6-11-9/h2-5,9H,6H2/t9-/m1/s1. The molecular weight excluding hydrogens is 138 g/mol. The van der Waals surface area contributed by atoms with E-state index in [0.29, 0.717) is 11.8 Å². The van der Waals surface area contributed by atoms with Crippen LogP contribution in [-0.4, -0.2) is 6.61 Å². The first-order chi connectivity index (χ1) is 5.40. The van der Waals surface area contributed by atoms with E-state index in [-0.39, 0.29) is 0 Å². The summed E-state index contributed by atoms with van der Waals surface area (Å²) in [6, 6.07) is 7.55. The zero-order chi connectivity index (χ0) is 7.68. The summed E-state index contributed by atoms with van der Waals surface area (Å²) in [6.07, 6.45) is 0.301. The number of hydrogen-bond acceptors (Lipinski definition) is 1. The van der Waals surface area contributed by atoms with Crippen LogP contribution in [0, 0.1) is 6.57 Å².